The molecule has 142 valence electrons. The minimum atomic E-state index is -3.52. The van der Waals surface area contributed by atoms with Gasteiger partial charge in [0, 0.05) is 18.7 Å². The van der Waals surface area contributed by atoms with E-state index in [1.54, 1.807) is 23.4 Å². The Bertz CT molecular complexity index is 975. The van der Waals surface area contributed by atoms with Crippen LogP contribution >= 0.6 is 0 Å². The molecule has 0 N–H and O–H groups in total. The summed E-state index contributed by atoms with van der Waals surface area (Å²) in [5.41, 5.74) is 3.82. The first-order valence-corrected chi connectivity index (χ1v) is 10.6. The Balaban J connectivity index is 1.86. The molecule has 1 aliphatic rings. The fourth-order valence-electron chi connectivity index (χ4n) is 3.63. The topological polar surface area (TPSA) is 54.5 Å². The molecule has 2 aromatic carbocycles. The van der Waals surface area contributed by atoms with Gasteiger partial charge in [0.15, 0.2) is 5.78 Å². The lowest BCUT2D eigenvalue weighted by Crippen LogP contribution is -2.29. The van der Waals surface area contributed by atoms with E-state index in [1.165, 1.54) is 0 Å². The van der Waals surface area contributed by atoms with Gasteiger partial charge in [-0.05, 0) is 50.8 Å². The number of hydrogen-bond donors (Lipinski definition) is 0. The molecule has 3 rings (SSSR count). The Labute approximate surface area is 161 Å². The second-order valence-corrected chi connectivity index (χ2v) is 9.03. The van der Waals surface area contributed by atoms with E-state index in [1.807, 2.05) is 56.3 Å². The van der Waals surface area contributed by atoms with Gasteiger partial charge in [0.05, 0.1) is 4.90 Å². The highest BCUT2D eigenvalue weighted by Gasteiger charge is 2.35. The van der Waals surface area contributed by atoms with Gasteiger partial charge in [0.2, 0.25) is 10.0 Å². The van der Waals surface area contributed by atoms with Crippen molar-refractivity contribution >= 4 is 15.8 Å². The minimum absolute atomic E-state index is 0.0368. The van der Waals surface area contributed by atoms with E-state index < -0.39 is 10.0 Å². The summed E-state index contributed by atoms with van der Waals surface area (Å²) < 4.78 is 27.6. The van der Waals surface area contributed by atoms with Crippen LogP contribution < -0.4 is 0 Å². The van der Waals surface area contributed by atoms with Gasteiger partial charge < -0.3 is 0 Å². The second kappa shape index (κ2) is 7.79. The molecule has 0 radical (unpaired) electrons. The van der Waals surface area contributed by atoms with Crippen molar-refractivity contribution in [2.75, 3.05) is 13.1 Å². The van der Waals surface area contributed by atoms with Crippen molar-refractivity contribution in [2.45, 2.75) is 32.1 Å². The van der Waals surface area contributed by atoms with Crippen LogP contribution in [0, 0.1) is 12.8 Å². The molecule has 0 bridgehead atoms. The summed E-state index contributed by atoms with van der Waals surface area (Å²) in [6.07, 6.45) is 2.67. The van der Waals surface area contributed by atoms with Crippen molar-refractivity contribution in [3.8, 4) is 0 Å². The third kappa shape index (κ3) is 4.04. The summed E-state index contributed by atoms with van der Waals surface area (Å²) in [6.45, 7) is 6.29. The maximum absolute atomic E-state index is 13.0. The Hall–Kier alpha value is -2.24. The number of nitrogens with zero attached hydrogens (tertiary/aromatic N) is 1. The predicted octanol–water partition coefficient (Wildman–Crippen LogP) is 4.01. The highest BCUT2D eigenvalue weighted by atomic mass is 32.2. The Morgan fingerprint density at radius 1 is 1.15 bits per heavy atom. The number of ketones is 1. The number of benzene rings is 2. The van der Waals surface area contributed by atoms with E-state index in [0.29, 0.717) is 30.0 Å². The van der Waals surface area contributed by atoms with Gasteiger partial charge in [-0.25, -0.2) is 8.42 Å². The lowest BCUT2D eigenvalue weighted by atomic mass is 9.91. The van der Waals surface area contributed by atoms with Gasteiger partial charge in [-0.15, -0.1) is 0 Å². The third-order valence-electron chi connectivity index (χ3n) is 5.20. The quantitative estimate of drug-likeness (QED) is 0.579. The van der Waals surface area contributed by atoms with Gasteiger partial charge in [0.25, 0.3) is 0 Å². The number of carbonyl (C=O) groups excluding carboxylic acids is 1. The highest BCUT2D eigenvalue weighted by Crippen LogP contribution is 2.31. The molecule has 0 amide bonds. The summed E-state index contributed by atoms with van der Waals surface area (Å²) >= 11 is 0. The van der Waals surface area contributed by atoms with E-state index in [0.717, 1.165) is 16.7 Å². The van der Waals surface area contributed by atoms with E-state index >= 15 is 0 Å². The Morgan fingerprint density at radius 3 is 2.44 bits per heavy atom. The van der Waals surface area contributed by atoms with Crippen LogP contribution in [0.25, 0.3) is 0 Å². The van der Waals surface area contributed by atoms with Crippen LogP contribution in [0.1, 0.15) is 35.3 Å². The van der Waals surface area contributed by atoms with Crippen LogP contribution in [0.4, 0.5) is 0 Å². The largest absolute Gasteiger partial charge is 0.295 e. The number of allylic oxidation sites excluding steroid dienone is 1. The van der Waals surface area contributed by atoms with E-state index in [2.05, 4.69) is 0 Å². The molecule has 0 unspecified atom stereocenters. The molecule has 5 heteroatoms. The van der Waals surface area contributed by atoms with Crippen LogP contribution in [0.15, 0.2) is 65.1 Å². The van der Waals surface area contributed by atoms with Crippen LogP contribution in [0.3, 0.4) is 0 Å². The lowest BCUT2D eigenvalue weighted by Gasteiger charge is -2.17. The number of hydrogen-bond acceptors (Lipinski definition) is 3. The molecule has 1 aliphatic heterocycles. The van der Waals surface area contributed by atoms with Crippen LogP contribution in [-0.4, -0.2) is 31.6 Å². The Morgan fingerprint density at radius 2 is 1.81 bits per heavy atom. The summed E-state index contributed by atoms with van der Waals surface area (Å²) in [6, 6.07) is 14.5. The van der Waals surface area contributed by atoms with E-state index in [9.17, 15) is 13.2 Å². The summed E-state index contributed by atoms with van der Waals surface area (Å²) in [5.74, 6) is 0.116. The van der Waals surface area contributed by atoms with E-state index in [-0.39, 0.29) is 11.7 Å². The molecule has 1 saturated heterocycles. The van der Waals surface area contributed by atoms with Crippen molar-refractivity contribution in [3.63, 3.8) is 0 Å². The first kappa shape index (κ1) is 19.5. The summed E-state index contributed by atoms with van der Waals surface area (Å²) in [5, 5.41) is 0. The summed E-state index contributed by atoms with van der Waals surface area (Å²) in [7, 11) is -3.52. The molecule has 0 aliphatic carbocycles. The SMILES string of the molecule is C/C=C1\CN(S(=O)(=O)c2ccc(C)cc2)C[C@@H]1Cc1ccccc1C(C)=O. The lowest BCUT2D eigenvalue weighted by molar-refractivity contribution is 0.101. The standard InChI is InChI=1S/C22H25NO3S/c1-4-18-14-23(27(25,26)21-11-9-16(2)10-12-21)15-20(18)13-19-7-5-6-8-22(19)17(3)24/h4-12,20H,13-15H2,1-3H3/b18-4+/t20-/m0/s1. The van der Waals surface area contributed by atoms with Gasteiger partial charge in [0.1, 0.15) is 0 Å². The average Bonchev–Trinajstić information content (AvgIpc) is 3.06. The molecule has 4 nitrogen and oxygen atoms in total. The number of aryl methyl sites for hydroxylation is 1. The summed E-state index contributed by atoms with van der Waals surface area (Å²) in [4.78, 5) is 12.2. The van der Waals surface area contributed by atoms with Crippen molar-refractivity contribution < 1.29 is 13.2 Å². The number of carbonyl (C=O) groups is 1. The normalized spacial score (nSPS) is 19.5. The predicted molar refractivity (Wildman–Crippen MR) is 107 cm³/mol. The maximum atomic E-state index is 13.0. The van der Waals surface area contributed by atoms with Crippen molar-refractivity contribution in [1.29, 1.82) is 0 Å². The minimum Gasteiger partial charge on any atom is -0.295 e. The molecule has 0 saturated carbocycles. The van der Waals surface area contributed by atoms with Gasteiger partial charge >= 0.3 is 0 Å². The third-order valence-corrected chi connectivity index (χ3v) is 7.03. The monoisotopic (exact) mass is 383 g/mol. The first-order valence-electron chi connectivity index (χ1n) is 9.13. The highest BCUT2D eigenvalue weighted by molar-refractivity contribution is 7.89. The number of rotatable bonds is 5. The zero-order chi connectivity index (χ0) is 19.6. The maximum Gasteiger partial charge on any atom is 0.243 e. The molecule has 1 fully saturated rings. The number of Topliss-reactive ketones (excluding diaryl/α,β-unsaturated/α-hetero) is 1. The van der Waals surface area contributed by atoms with Crippen molar-refractivity contribution in [1.82, 2.24) is 4.31 Å². The van der Waals surface area contributed by atoms with Crippen molar-refractivity contribution in [2.24, 2.45) is 5.92 Å². The van der Waals surface area contributed by atoms with Crippen LogP contribution in [0.2, 0.25) is 0 Å². The smallest absolute Gasteiger partial charge is 0.243 e. The van der Waals surface area contributed by atoms with Gasteiger partial charge in [-0.2, -0.15) is 4.31 Å². The van der Waals surface area contributed by atoms with E-state index in [4.69, 9.17) is 0 Å². The zero-order valence-electron chi connectivity index (χ0n) is 16.0. The number of sulfonamides is 1. The molecule has 1 atom stereocenters. The zero-order valence-corrected chi connectivity index (χ0v) is 16.8. The molecule has 2 aromatic rings. The fraction of sp³-hybridized carbons (Fsp3) is 0.318. The first-order chi connectivity index (χ1) is 12.8. The molecule has 1 heterocycles. The molecule has 27 heavy (non-hydrogen) atoms. The van der Waals surface area contributed by atoms with Crippen LogP contribution in [-0.2, 0) is 16.4 Å². The Kier molecular flexibility index (Phi) is 5.63. The van der Waals surface area contributed by atoms with Gasteiger partial charge in [-0.3, -0.25) is 4.79 Å². The van der Waals surface area contributed by atoms with Crippen molar-refractivity contribution in [3.05, 3.63) is 76.9 Å². The molecular formula is C22H25NO3S. The second-order valence-electron chi connectivity index (χ2n) is 7.09. The molecule has 0 aromatic heterocycles. The molecular weight excluding hydrogens is 358 g/mol. The van der Waals surface area contributed by atoms with Gasteiger partial charge in [-0.1, -0.05) is 53.6 Å². The molecule has 0 spiro atoms. The fourth-order valence-corrected chi connectivity index (χ4v) is 5.11. The van der Waals surface area contributed by atoms with Crippen LogP contribution in [0.5, 0.6) is 0 Å². The average molecular weight is 384 g/mol.